The number of hydrogen-bond donors (Lipinski definition) is 3. The number of amidine groups is 2. The van der Waals surface area contributed by atoms with E-state index in [2.05, 4.69) is 192 Å². The number of hydrogen-bond acceptors (Lipinski definition) is 7. The molecule has 0 radical (unpaired) electrons. The summed E-state index contributed by atoms with van der Waals surface area (Å²) in [6.45, 7) is 0. The first-order valence-corrected chi connectivity index (χ1v) is 22.0. The number of aliphatic imine (C=N–C) groups is 2. The Morgan fingerprint density at radius 2 is 1.21 bits per heavy atom. The Hall–Kier alpha value is -7.19. The second-order valence-corrected chi connectivity index (χ2v) is 16.8. The summed E-state index contributed by atoms with van der Waals surface area (Å²) in [6.07, 6.45) is 8.19. The van der Waals surface area contributed by atoms with Crippen molar-refractivity contribution in [2.24, 2.45) is 9.98 Å². The molecular formula is C55H43N5OS. The minimum Gasteiger partial charge on any atom is -0.459 e. The SMILES string of the molecule is C1=CC2=C(CC1)Oc1cc(-c3ccc(-c4ccccc4C4=CC(c5ccccc5)NC(c5ccccc5)N4)cc3C3=NC(c4ccccc4)=NC(c4ccccc4)N3)ccc1S2. The highest BCUT2D eigenvalue weighted by Crippen LogP contribution is 2.46. The zero-order chi connectivity index (χ0) is 41.2. The first-order valence-electron chi connectivity index (χ1n) is 21.2. The molecule has 3 aliphatic heterocycles. The predicted octanol–water partition coefficient (Wildman–Crippen LogP) is 12.5. The quantitative estimate of drug-likeness (QED) is 0.142. The molecule has 0 saturated carbocycles. The molecule has 0 amide bonds. The van der Waals surface area contributed by atoms with Crippen LogP contribution in [0.2, 0.25) is 0 Å². The first-order chi connectivity index (χ1) is 30.7. The van der Waals surface area contributed by atoms with Gasteiger partial charge in [-0.25, -0.2) is 9.98 Å². The zero-order valence-corrected chi connectivity index (χ0v) is 34.7. The molecule has 0 fully saturated rings. The van der Waals surface area contributed by atoms with E-state index in [4.69, 9.17) is 14.7 Å². The Kier molecular flexibility index (Phi) is 10.2. The molecule has 0 saturated heterocycles. The Morgan fingerprint density at radius 3 is 1.98 bits per heavy atom. The van der Waals surface area contributed by atoms with Crippen molar-refractivity contribution in [3.05, 3.63) is 244 Å². The highest BCUT2D eigenvalue weighted by Gasteiger charge is 2.28. The van der Waals surface area contributed by atoms with Crippen molar-refractivity contribution < 1.29 is 4.74 Å². The van der Waals surface area contributed by atoms with Gasteiger partial charge in [0.25, 0.3) is 0 Å². The third kappa shape index (κ3) is 7.57. The van der Waals surface area contributed by atoms with Crippen LogP contribution in [0.1, 0.15) is 64.6 Å². The van der Waals surface area contributed by atoms with E-state index in [1.807, 2.05) is 24.3 Å². The number of allylic oxidation sites excluding steroid dienone is 3. The van der Waals surface area contributed by atoms with Crippen LogP contribution in [-0.4, -0.2) is 11.7 Å². The molecule has 7 aromatic rings. The van der Waals surface area contributed by atoms with Crippen LogP contribution in [0.4, 0.5) is 0 Å². The van der Waals surface area contributed by atoms with Crippen LogP contribution in [0, 0.1) is 0 Å². The second-order valence-electron chi connectivity index (χ2n) is 15.8. The molecule has 0 bridgehead atoms. The molecule has 3 heterocycles. The number of nitrogens with one attached hydrogen (secondary N) is 3. The monoisotopic (exact) mass is 821 g/mol. The van der Waals surface area contributed by atoms with Gasteiger partial charge in [0.1, 0.15) is 29.7 Å². The molecule has 1 aliphatic carbocycles. The smallest absolute Gasteiger partial charge is 0.159 e. The summed E-state index contributed by atoms with van der Waals surface area (Å²) in [4.78, 5) is 12.8. The van der Waals surface area contributed by atoms with E-state index in [0.29, 0.717) is 5.84 Å². The van der Waals surface area contributed by atoms with E-state index in [-0.39, 0.29) is 18.4 Å². The highest BCUT2D eigenvalue weighted by atomic mass is 32.2. The van der Waals surface area contributed by atoms with Crippen LogP contribution in [-0.2, 0) is 0 Å². The third-order valence-corrected chi connectivity index (χ3v) is 12.9. The molecule has 62 heavy (non-hydrogen) atoms. The topological polar surface area (TPSA) is 70.0 Å². The van der Waals surface area contributed by atoms with Gasteiger partial charge in [-0.1, -0.05) is 182 Å². The lowest BCUT2D eigenvalue weighted by Crippen LogP contribution is -2.39. The van der Waals surface area contributed by atoms with Crippen LogP contribution in [0.25, 0.3) is 28.0 Å². The number of fused-ring (bicyclic) bond motifs is 1. The minimum atomic E-state index is -0.343. The van der Waals surface area contributed by atoms with Crippen LogP contribution < -0.4 is 20.7 Å². The van der Waals surface area contributed by atoms with Crippen molar-refractivity contribution >= 4 is 29.1 Å². The summed E-state index contributed by atoms with van der Waals surface area (Å²) in [5.74, 6) is 3.37. The van der Waals surface area contributed by atoms with Gasteiger partial charge in [0, 0.05) is 28.8 Å². The first kappa shape index (κ1) is 37.8. The van der Waals surface area contributed by atoms with Crippen molar-refractivity contribution in [2.75, 3.05) is 0 Å². The molecule has 11 rings (SSSR count). The number of rotatable bonds is 8. The van der Waals surface area contributed by atoms with E-state index in [1.165, 1.54) is 16.0 Å². The Bertz CT molecular complexity index is 2940. The molecule has 3 unspecified atom stereocenters. The average Bonchev–Trinajstić information content (AvgIpc) is 3.36. The van der Waals surface area contributed by atoms with Crippen molar-refractivity contribution in [2.45, 2.75) is 36.1 Å². The number of ether oxygens (including phenoxy) is 1. The Morgan fingerprint density at radius 1 is 0.565 bits per heavy atom. The molecule has 0 aromatic heterocycles. The summed E-state index contributed by atoms with van der Waals surface area (Å²) in [5.41, 5.74) is 11.9. The number of thioether (sulfide) groups is 1. The maximum absolute atomic E-state index is 6.61. The molecular weight excluding hydrogens is 779 g/mol. The van der Waals surface area contributed by atoms with Gasteiger partial charge in [0.2, 0.25) is 0 Å². The average molecular weight is 822 g/mol. The fourth-order valence-electron chi connectivity index (χ4n) is 8.63. The number of benzene rings is 7. The molecule has 6 nitrogen and oxygen atoms in total. The summed E-state index contributed by atoms with van der Waals surface area (Å²) in [5, 5.41) is 11.5. The largest absolute Gasteiger partial charge is 0.459 e. The van der Waals surface area contributed by atoms with Crippen molar-refractivity contribution in [3.8, 4) is 28.0 Å². The van der Waals surface area contributed by atoms with E-state index in [0.717, 1.165) is 85.3 Å². The van der Waals surface area contributed by atoms with E-state index in [9.17, 15) is 0 Å². The maximum Gasteiger partial charge on any atom is 0.159 e. The van der Waals surface area contributed by atoms with Crippen LogP contribution in [0.15, 0.2) is 226 Å². The van der Waals surface area contributed by atoms with E-state index >= 15 is 0 Å². The number of nitrogens with zero attached hydrogens (tertiary/aromatic N) is 2. The maximum atomic E-state index is 6.61. The fraction of sp³-hybridized carbons (Fsp3) is 0.0909. The van der Waals surface area contributed by atoms with Crippen LogP contribution in [0.3, 0.4) is 0 Å². The minimum absolute atomic E-state index is 0.00377. The van der Waals surface area contributed by atoms with Gasteiger partial charge in [-0.15, -0.1) is 0 Å². The fourth-order valence-corrected chi connectivity index (χ4v) is 9.62. The third-order valence-electron chi connectivity index (χ3n) is 11.8. The normalized spacial score (nSPS) is 19.1. The van der Waals surface area contributed by atoms with E-state index < -0.39 is 0 Å². The summed E-state index contributed by atoms with van der Waals surface area (Å²) in [6, 6.07) is 64.0. The molecule has 7 aromatic carbocycles. The molecule has 300 valence electrons. The Balaban J connectivity index is 1.06. The van der Waals surface area contributed by atoms with Gasteiger partial charge in [0.05, 0.1) is 15.8 Å². The second kappa shape index (κ2) is 16.7. The molecule has 3 atom stereocenters. The van der Waals surface area contributed by atoms with Gasteiger partial charge in [-0.05, 0) is 75.7 Å². The van der Waals surface area contributed by atoms with Crippen molar-refractivity contribution in [3.63, 3.8) is 0 Å². The molecule has 7 heteroatoms. The van der Waals surface area contributed by atoms with Crippen LogP contribution in [0.5, 0.6) is 5.75 Å². The van der Waals surface area contributed by atoms with Crippen molar-refractivity contribution in [1.29, 1.82) is 0 Å². The van der Waals surface area contributed by atoms with Gasteiger partial charge >= 0.3 is 0 Å². The zero-order valence-electron chi connectivity index (χ0n) is 33.9. The van der Waals surface area contributed by atoms with Crippen molar-refractivity contribution in [1.82, 2.24) is 16.0 Å². The lowest BCUT2D eigenvalue weighted by atomic mass is 9.90. The lowest BCUT2D eigenvalue weighted by molar-refractivity contribution is 0.389. The summed E-state index contributed by atoms with van der Waals surface area (Å²) < 4.78 is 6.61. The standard InChI is InChI=1S/C55H43N5OS/c1-5-17-36(18-6-1)46-35-47(57-52(56-46)37-19-7-2-8-20-37)44-26-14-13-25-42(44)40-29-31-43(41-30-32-51-49(34-41)61-48-27-15-16-28-50(48)62-51)45(33-40)55-59-53(38-21-9-3-10-22-38)58-54(60-55)39-23-11-4-12-24-39/h1-14,16-26,28-35,46,52-53,56-57H,15,27H2,(H,58,59,60). The predicted molar refractivity (Wildman–Crippen MR) is 254 cm³/mol. The summed E-state index contributed by atoms with van der Waals surface area (Å²) >= 11 is 1.79. The molecule has 4 aliphatic rings. The lowest BCUT2D eigenvalue weighted by Gasteiger charge is -2.33. The van der Waals surface area contributed by atoms with Gasteiger partial charge < -0.3 is 15.4 Å². The highest BCUT2D eigenvalue weighted by molar-refractivity contribution is 8.03. The molecule has 3 N–H and O–H groups in total. The van der Waals surface area contributed by atoms with Gasteiger partial charge in [-0.3, -0.25) is 5.32 Å². The van der Waals surface area contributed by atoms with Gasteiger partial charge in [-0.2, -0.15) is 0 Å². The van der Waals surface area contributed by atoms with Gasteiger partial charge in [0.15, 0.2) is 5.84 Å². The molecule has 0 spiro atoms. The summed E-state index contributed by atoms with van der Waals surface area (Å²) in [7, 11) is 0. The van der Waals surface area contributed by atoms with E-state index in [1.54, 1.807) is 11.8 Å². The van der Waals surface area contributed by atoms with Crippen LogP contribution >= 0.6 is 11.8 Å². The Labute approximate surface area is 366 Å².